The maximum Gasteiger partial charge on any atom is 0.127 e. The van der Waals surface area contributed by atoms with Gasteiger partial charge in [-0.15, -0.1) is 0 Å². The molecule has 0 spiro atoms. The lowest BCUT2D eigenvalue weighted by Crippen LogP contribution is -2.15. The molecular weight excluding hydrogens is 198 g/mol. The predicted octanol–water partition coefficient (Wildman–Crippen LogP) is 3.30. The first kappa shape index (κ1) is 13.1. The molecular formula is C13H25N3. The predicted molar refractivity (Wildman–Crippen MR) is 69.7 cm³/mol. The maximum absolute atomic E-state index is 6.22. The van der Waals surface area contributed by atoms with Gasteiger partial charge >= 0.3 is 0 Å². The zero-order valence-electron chi connectivity index (χ0n) is 11.5. The van der Waals surface area contributed by atoms with Crippen molar-refractivity contribution in [2.75, 3.05) is 5.73 Å². The van der Waals surface area contributed by atoms with E-state index in [2.05, 4.69) is 46.1 Å². The van der Waals surface area contributed by atoms with E-state index in [0.29, 0.717) is 6.04 Å². The van der Waals surface area contributed by atoms with Crippen LogP contribution in [0.4, 0.5) is 5.82 Å². The summed E-state index contributed by atoms with van der Waals surface area (Å²) in [5, 5.41) is 0. The third-order valence-corrected chi connectivity index (χ3v) is 2.72. The highest BCUT2D eigenvalue weighted by Gasteiger charge is 2.25. The Labute approximate surface area is 99.1 Å². The number of anilines is 1. The molecule has 1 aromatic rings. The van der Waals surface area contributed by atoms with Crippen molar-refractivity contribution in [2.24, 2.45) is 0 Å². The van der Waals surface area contributed by atoms with E-state index in [4.69, 9.17) is 10.7 Å². The minimum atomic E-state index is 0.0206. The van der Waals surface area contributed by atoms with Crippen LogP contribution in [0, 0.1) is 0 Å². The van der Waals surface area contributed by atoms with Gasteiger partial charge < -0.3 is 10.3 Å². The van der Waals surface area contributed by atoms with Crippen LogP contribution in [-0.4, -0.2) is 9.55 Å². The van der Waals surface area contributed by atoms with Gasteiger partial charge in [-0.05, 0) is 20.3 Å². The highest BCUT2D eigenvalue weighted by molar-refractivity contribution is 5.43. The first-order valence-electron chi connectivity index (χ1n) is 6.16. The van der Waals surface area contributed by atoms with Crippen LogP contribution < -0.4 is 5.73 Å². The van der Waals surface area contributed by atoms with Gasteiger partial charge in [-0.3, -0.25) is 0 Å². The van der Waals surface area contributed by atoms with Crippen molar-refractivity contribution < 1.29 is 0 Å². The fraction of sp³-hybridized carbons (Fsp3) is 0.769. The van der Waals surface area contributed by atoms with E-state index in [1.807, 2.05) is 0 Å². The van der Waals surface area contributed by atoms with Crippen LogP contribution in [0.1, 0.15) is 65.5 Å². The maximum atomic E-state index is 6.22. The Bertz CT molecular complexity index is 356. The summed E-state index contributed by atoms with van der Waals surface area (Å²) in [5.41, 5.74) is 7.27. The zero-order chi connectivity index (χ0) is 12.5. The molecule has 3 heteroatoms. The van der Waals surface area contributed by atoms with Crippen molar-refractivity contribution in [3.8, 4) is 0 Å². The Morgan fingerprint density at radius 1 is 1.31 bits per heavy atom. The van der Waals surface area contributed by atoms with Gasteiger partial charge in [0, 0.05) is 17.9 Å². The lowest BCUT2D eigenvalue weighted by Gasteiger charge is -2.17. The summed E-state index contributed by atoms with van der Waals surface area (Å²) in [6.45, 7) is 13.0. The first-order chi connectivity index (χ1) is 7.29. The molecule has 92 valence electrons. The fourth-order valence-electron chi connectivity index (χ4n) is 2.02. The number of nitrogen functional groups attached to an aromatic ring is 1. The number of aromatic nitrogens is 2. The highest BCUT2D eigenvalue weighted by Crippen LogP contribution is 2.30. The highest BCUT2D eigenvalue weighted by atomic mass is 15.2. The van der Waals surface area contributed by atoms with Crippen molar-refractivity contribution in [3.63, 3.8) is 0 Å². The van der Waals surface area contributed by atoms with Gasteiger partial charge in [-0.2, -0.15) is 0 Å². The summed E-state index contributed by atoms with van der Waals surface area (Å²) in [5.74, 6) is 1.96. The SMILES string of the molecule is CCCc1nc(C(C)(C)C)c(N)n1C(C)C. The van der Waals surface area contributed by atoms with Crippen LogP contribution in [0.5, 0.6) is 0 Å². The Morgan fingerprint density at radius 2 is 1.88 bits per heavy atom. The number of aryl methyl sites for hydroxylation is 1. The molecule has 0 radical (unpaired) electrons. The van der Waals surface area contributed by atoms with Crippen LogP contribution >= 0.6 is 0 Å². The Kier molecular flexibility index (Phi) is 3.66. The molecule has 1 aromatic heterocycles. The number of imidazole rings is 1. The Balaban J connectivity index is 3.30. The van der Waals surface area contributed by atoms with E-state index < -0.39 is 0 Å². The smallest absolute Gasteiger partial charge is 0.127 e. The van der Waals surface area contributed by atoms with Crippen molar-refractivity contribution >= 4 is 5.82 Å². The number of nitrogens with zero attached hydrogens (tertiary/aromatic N) is 2. The van der Waals surface area contributed by atoms with Gasteiger partial charge in [-0.1, -0.05) is 27.7 Å². The topological polar surface area (TPSA) is 43.8 Å². The van der Waals surface area contributed by atoms with E-state index in [1.165, 1.54) is 0 Å². The first-order valence-corrected chi connectivity index (χ1v) is 6.16. The van der Waals surface area contributed by atoms with Crippen LogP contribution in [0.25, 0.3) is 0 Å². The minimum Gasteiger partial charge on any atom is -0.384 e. The fourth-order valence-corrected chi connectivity index (χ4v) is 2.02. The van der Waals surface area contributed by atoms with Gasteiger partial charge in [-0.25, -0.2) is 4.98 Å². The Morgan fingerprint density at radius 3 is 2.25 bits per heavy atom. The second kappa shape index (κ2) is 4.48. The molecule has 16 heavy (non-hydrogen) atoms. The summed E-state index contributed by atoms with van der Waals surface area (Å²) >= 11 is 0. The van der Waals surface area contributed by atoms with Crippen molar-refractivity contribution in [1.29, 1.82) is 0 Å². The number of hydrogen-bond acceptors (Lipinski definition) is 2. The average molecular weight is 223 g/mol. The second-order valence-corrected chi connectivity index (χ2v) is 5.73. The van der Waals surface area contributed by atoms with Crippen LogP contribution in [0.2, 0.25) is 0 Å². The summed E-state index contributed by atoms with van der Waals surface area (Å²) < 4.78 is 2.17. The van der Waals surface area contributed by atoms with Gasteiger partial charge in [0.15, 0.2) is 0 Å². The summed E-state index contributed by atoms with van der Waals surface area (Å²) in [7, 11) is 0. The monoisotopic (exact) mass is 223 g/mol. The molecule has 0 fully saturated rings. The van der Waals surface area contributed by atoms with Crippen LogP contribution in [0.3, 0.4) is 0 Å². The zero-order valence-corrected chi connectivity index (χ0v) is 11.5. The van der Waals surface area contributed by atoms with E-state index in [9.17, 15) is 0 Å². The molecule has 0 aliphatic carbocycles. The third-order valence-electron chi connectivity index (χ3n) is 2.72. The number of hydrogen-bond donors (Lipinski definition) is 1. The van der Waals surface area contributed by atoms with Crippen LogP contribution in [-0.2, 0) is 11.8 Å². The molecule has 0 aromatic carbocycles. The van der Waals surface area contributed by atoms with Crippen molar-refractivity contribution in [1.82, 2.24) is 9.55 Å². The molecule has 0 atom stereocenters. The van der Waals surface area contributed by atoms with Gasteiger partial charge in [0.2, 0.25) is 0 Å². The molecule has 0 saturated carbocycles. The molecule has 0 saturated heterocycles. The van der Waals surface area contributed by atoms with Crippen molar-refractivity contribution in [2.45, 2.75) is 65.8 Å². The largest absolute Gasteiger partial charge is 0.384 e. The summed E-state index contributed by atoms with van der Waals surface area (Å²) in [4.78, 5) is 4.73. The molecule has 0 aliphatic heterocycles. The summed E-state index contributed by atoms with van der Waals surface area (Å²) in [6.07, 6.45) is 2.10. The molecule has 0 unspecified atom stereocenters. The standard InChI is InChI=1S/C13H25N3/c1-7-8-10-15-11(13(4,5)6)12(14)16(10)9(2)3/h9H,7-8,14H2,1-6H3. The van der Waals surface area contributed by atoms with E-state index in [0.717, 1.165) is 30.2 Å². The average Bonchev–Trinajstić information content (AvgIpc) is 2.42. The summed E-state index contributed by atoms with van der Waals surface area (Å²) in [6, 6.07) is 0.380. The van der Waals surface area contributed by atoms with E-state index in [1.54, 1.807) is 0 Å². The van der Waals surface area contributed by atoms with Gasteiger partial charge in [0.05, 0.1) is 5.69 Å². The molecule has 0 amide bonds. The molecule has 0 bridgehead atoms. The quantitative estimate of drug-likeness (QED) is 0.854. The lowest BCUT2D eigenvalue weighted by atomic mass is 9.92. The van der Waals surface area contributed by atoms with E-state index >= 15 is 0 Å². The normalized spacial score (nSPS) is 12.4. The molecule has 3 nitrogen and oxygen atoms in total. The molecule has 0 aliphatic rings. The molecule has 2 N–H and O–H groups in total. The number of rotatable bonds is 3. The minimum absolute atomic E-state index is 0.0206. The second-order valence-electron chi connectivity index (χ2n) is 5.73. The van der Waals surface area contributed by atoms with E-state index in [-0.39, 0.29) is 5.41 Å². The van der Waals surface area contributed by atoms with Gasteiger partial charge in [0.1, 0.15) is 11.6 Å². The number of nitrogens with two attached hydrogens (primary N) is 1. The molecule has 1 heterocycles. The third kappa shape index (κ3) is 2.39. The Hall–Kier alpha value is -0.990. The molecule has 1 rings (SSSR count). The lowest BCUT2D eigenvalue weighted by molar-refractivity contribution is 0.568. The van der Waals surface area contributed by atoms with Gasteiger partial charge in [0.25, 0.3) is 0 Å². The van der Waals surface area contributed by atoms with Crippen molar-refractivity contribution in [3.05, 3.63) is 11.5 Å². The van der Waals surface area contributed by atoms with Crippen LogP contribution in [0.15, 0.2) is 0 Å².